The Hall–Kier alpha value is -2.21. The third kappa shape index (κ3) is 2.30. The lowest BCUT2D eigenvalue weighted by atomic mass is 10.1. The van der Waals surface area contributed by atoms with Gasteiger partial charge in [0.05, 0.1) is 25.0 Å². The van der Waals surface area contributed by atoms with Gasteiger partial charge in [0.2, 0.25) is 0 Å². The summed E-state index contributed by atoms with van der Waals surface area (Å²) in [6.45, 7) is 3.00. The molecule has 1 amide bonds. The first-order valence-corrected chi connectivity index (χ1v) is 6.74. The van der Waals surface area contributed by atoms with Crippen LogP contribution in [0.15, 0.2) is 36.7 Å². The van der Waals surface area contributed by atoms with Gasteiger partial charge in [0.1, 0.15) is 0 Å². The number of carbonyl (C=O) groups excluding carboxylic acids is 1. The number of nitrogens with one attached hydrogen (secondary N) is 1. The maximum Gasteiger partial charge on any atom is 0.252 e. The molecule has 0 bridgehead atoms. The molecule has 1 saturated heterocycles. The van der Waals surface area contributed by atoms with Crippen LogP contribution in [0.3, 0.4) is 0 Å². The molecule has 2 aromatic rings. The van der Waals surface area contributed by atoms with Crippen molar-refractivity contribution in [3.8, 4) is 0 Å². The summed E-state index contributed by atoms with van der Waals surface area (Å²) in [4.78, 5) is 13.2. The zero-order valence-electron chi connectivity index (χ0n) is 11.0. The number of aryl methyl sites for hydroxylation is 1. The fourth-order valence-corrected chi connectivity index (χ4v) is 2.48. The standard InChI is InChI=1S/C14H14N4OS/c1-10-4-2-3-5-11(10)8-17-9-12(6-16-17)18-13(19)7-15-14(18)20/h2-6,9H,7-8H2,1H3,(H,15,20). The van der Waals surface area contributed by atoms with Crippen LogP contribution in [0.5, 0.6) is 0 Å². The molecule has 6 heteroatoms. The van der Waals surface area contributed by atoms with Gasteiger partial charge in [-0.25, -0.2) is 0 Å². The van der Waals surface area contributed by atoms with Crippen LogP contribution in [0.2, 0.25) is 0 Å². The Bertz CT molecular complexity index is 663. The van der Waals surface area contributed by atoms with Crippen molar-refractivity contribution in [1.82, 2.24) is 15.1 Å². The van der Waals surface area contributed by atoms with Crippen LogP contribution in [0, 0.1) is 6.92 Å². The lowest BCUT2D eigenvalue weighted by Crippen LogP contribution is -2.30. The van der Waals surface area contributed by atoms with Gasteiger partial charge in [-0.2, -0.15) is 5.10 Å². The fraction of sp³-hybridized carbons (Fsp3) is 0.214. The summed E-state index contributed by atoms with van der Waals surface area (Å²) in [5.74, 6) is -0.0505. The molecule has 102 valence electrons. The average Bonchev–Trinajstić information content (AvgIpc) is 3.00. The Balaban J connectivity index is 1.82. The second kappa shape index (κ2) is 5.05. The lowest BCUT2D eigenvalue weighted by molar-refractivity contribution is -0.115. The van der Waals surface area contributed by atoms with Gasteiger partial charge >= 0.3 is 0 Å². The average molecular weight is 286 g/mol. The highest BCUT2D eigenvalue weighted by atomic mass is 32.1. The van der Waals surface area contributed by atoms with Crippen LogP contribution in [-0.4, -0.2) is 27.3 Å². The number of thiocarbonyl (C=S) groups is 1. The molecule has 20 heavy (non-hydrogen) atoms. The van der Waals surface area contributed by atoms with Crippen molar-refractivity contribution in [2.75, 3.05) is 11.4 Å². The molecule has 0 saturated carbocycles. The van der Waals surface area contributed by atoms with Gasteiger partial charge in [-0.3, -0.25) is 14.4 Å². The number of rotatable bonds is 3. The maximum absolute atomic E-state index is 11.7. The molecule has 1 aromatic carbocycles. The molecule has 0 unspecified atom stereocenters. The van der Waals surface area contributed by atoms with E-state index < -0.39 is 0 Å². The third-order valence-corrected chi connectivity index (χ3v) is 3.64. The summed E-state index contributed by atoms with van der Waals surface area (Å²) in [5.41, 5.74) is 3.13. The van der Waals surface area contributed by atoms with E-state index in [-0.39, 0.29) is 12.5 Å². The highest BCUT2D eigenvalue weighted by Crippen LogP contribution is 2.17. The maximum atomic E-state index is 11.7. The lowest BCUT2D eigenvalue weighted by Gasteiger charge is -2.11. The number of hydrogen-bond donors (Lipinski definition) is 1. The number of aromatic nitrogens is 2. The second-order valence-corrected chi connectivity index (χ2v) is 5.10. The molecular formula is C14H14N4OS. The van der Waals surface area contributed by atoms with Crippen molar-refractivity contribution < 1.29 is 4.79 Å². The molecule has 1 aliphatic heterocycles. The van der Waals surface area contributed by atoms with Gasteiger partial charge in [0.15, 0.2) is 5.11 Å². The highest BCUT2D eigenvalue weighted by molar-refractivity contribution is 7.80. The van der Waals surface area contributed by atoms with Crippen molar-refractivity contribution in [3.63, 3.8) is 0 Å². The van der Waals surface area contributed by atoms with E-state index in [0.29, 0.717) is 17.3 Å². The van der Waals surface area contributed by atoms with Crippen molar-refractivity contribution in [2.45, 2.75) is 13.5 Å². The molecule has 2 heterocycles. The van der Waals surface area contributed by atoms with Gasteiger partial charge < -0.3 is 5.32 Å². The van der Waals surface area contributed by atoms with E-state index in [2.05, 4.69) is 29.5 Å². The van der Waals surface area contributed by atoms with Crippen molar-refractivity contribution in [3.05, 3.63) is 47.8 Å². The van der Waals surface area contributed by atoms with Crippen LogP contribution in [0.4, 0.5) is 5.69 Å². The van der Waals surface area contributed by atoms with E-state index >= 15 is 0 Å². The quantitative estimate of drug-likeness (QED) is 0.868. The minimum Gasteiger partial charge on any atom is -0.353 e. The summed E-state index contributed by atoms with van der Waals surface area (Å²) in [7, 11) is 0. The molecule has 0 spiro atoms. The van der Waals surface area contributed by atoms with E-state index in [1.807, 2.05) is 23.0 Å². The van der Waals surface area contributed by atoms with Gasteiger partial charge in [-0.1, -0.05) is 24.3 Å². The topological polar surface area (TPSA) is 50.2 Å². The van der Waals surface area contributed by atoms with E-state index in [4.69, 9.17) is 12.2 Å². The molecule has 0 radical (unpaired) electrons. The number of carbonyl (C=O) groups is 1. The molecular weight excluding hydrogens is 272 g/mol. The number of benzene rings is 1. The summed E-state index contributed by atoms with van der Waals surface area (Å²) in [6, 6.07) is 8.17. The summed E-state index contributed by atoms with van der Waals surface area (Å²) in [6.07, 6.45) is 3.50. The third-order valence-electron chi connectivity index (χ3n) is 3.31. The summed E-state index contributed by atoms with van der Waals surface area (Å²) < 4.78 is 1.81. The van der Waals surface area contributed by atoms with Gasteiger partial charge in [-0.05, 0) is 30.3 Å². The van der Waals surface area contributed by atoms with Gasteiger partial charge in [0, 0.05) is 6.20 Å². The van der Waals surface area contributed by atoms with E-state index in [0.717, 1.165) is 0 Å². The molecule has 1 fully saturated rings. The Kier molecular flexibility index (Phi) is 3.23. The normalized spacial score (nSPS) is 14.8. The highest BCUT2D eigenvalue weighted by Gasteiger charge is 2.27. The number of nitrogens with zero attached hydrogens (tertiary/aromatic N) is 3. The number of hydrogen-bond acceptors (Lipinski definition) is 3. The zero-order valence-corrected chi connectivity index (χ0v) is 11.9. The minimum absolute atomic E-state index is 0.0505. The van der Waals surface area contributed by atoms with Crippen LogP contribution < -0.4 is 10.2 Å². The predicted molar refractivity (Wildman–Crippen MR) is 80.6 cm³/mol. The van der Waals surface area contributed by atoms with E-state index in [9.17, 15) is 4.79 Å². The Morgan fingerprint density at radius 3 is 2.90 bits per heavy atom. The molecule has 3 rings (SSSR count). The summed E-state index contributed by atoms with van der Waals surface area (Å²) in [5, 5.41) is 7.59. The van der Waals surface area contributed by atoms with Crippen LogP contribution in [0.1, 0.15) is 11.1 Å². The monoisotopic (exact) mass is 286 g/mol. The first-order valence-electron chi connectivity index (χ1n) is 6.33. The number of anilines is 1. The van der Waals surface area contributed by atoms with Crippen molar-refractivity contribution in [2.24, 2.45) is 0 Å². The van der Waals surface area contributed by atoms with Crippen molar-refractivity contribution >= 4 is 28.9 Å². The second-order valence-electron chi connectivity index (χ2n) is 4.71. The van der Waals surface area contributed by atoms with Crippen molar-refractivity contribution in [1.29, 1.82) is 0 Å². The van der Waals surface area contributed by atoms with E-state index in [1.54, 1.807) is 6.20 Å². The first kappa shape index (κ1) is 12.8. The SMILES string of the molecule is Cc1ccccc1Cn1cc(N2C(=O)CNC2=S)cn1. The van der Waals surface area contributed by atoms with Crippen LogP contribution >= 0.6 is 12.2 Å². The minimum atomic E-state index is -0.0505. The van der Waals surface area contributed by atoms with E-state index in [1.165, 1.54) is 16.0 Å². The molecule has 1 N–H and O–H groups in total. The zero-order chi connectivity index (χ0) is 14.1. The first-order chi connectivity index (χ1) is 9.65. The summed E-state index contributed by atoms with van der Waals surface area (Å²) >= 11 is 5.12. The smallest absolute Gasteiger partial charge is 0.252 e. The largest absolute Gasteiger partial charge is 0.353 e. The van der Waals surface area contributed by atoms with Crippen LogP contribution in [0.25, 0.3) is 0 Å². The Morgan fingerprint density at radius 2 is 2.20 bits per heavy atom. The molecule has 0 atom stereocenters. The predicted octanol–water partition coefficient (Wildman–Crippen LogP) is 1.46. The molecule has 1 aliphatic rings. The number of amides is 1. The Labute approximate surface area is 122 Å². The van der Waals surface area contributed by atoms with Gasteiger partial charge in [0.25, 0.3) is 5.91 Å². The van der Waals surface area contributed by atoms with Crippen LogP contribution in [-0.2, 0) is 11.3 Å². The molecule has 1 aromatic heterocycles. The molecule has 0 aliphatic carbocycles. The van der Waals surface area contributed by atoms with Gasteiger partial charge in [-0.15, -0.1) is 0 Å². The molecule has 5 nitrogen and oxygen atoms in total. The fourth-order valence-electron chi connectivity index (χ4n) is 2.20. The Morgan fingerprint density at radius 1 is 1.40 bits per heavy atom.